The molecule has 2 bridgehead atoms. The second-order valence-electron chi connectivity index (χ2n) is 11.0. The molecule has 4 saturated carbocycles. The van der Waals surface area contributed by atoms with Crippen LogP contribution in [0, 0.1) is 34.0 Å². The first-order valence-corrected chi connectivity index (χ1v) is 11.2. The lowest BCUT2D eigenvalue weighted by atomic mass is 9.38. The van der Waals surface area contributed by atoms with Crippen molar-refractivity contribution < 1.29 is 34.1 Å². The van der Waals surface area contributed by atoms with E-state index in [0.29, 0.717) is 12.8 Å². The molecule has 2 N–H and O–H groups in total. The second kappa shape index (κ2) is 6.88. The van der Waals surface area contributed by atoms with Gasteiger partial charge in [0.1, 0.15) is 12.2 Å². The molecule has 4 aliphatic carbocycles. The standard InChI is InChI=1S/C24H34O7/c1-11-14-9-15(30-12(2)25)19-23(6)16(10-17(27)24(19,20(11)28)21(14)29)22(4,5)8-7-18(23)31-13(3)26/h14-19,21,27,29H,1,7-10H2,2-6H3/t14-,15+,16+,17+,18+,19+,21+,23-,24-/m0/s1. The number of hydrogen-bond donors (Lipinski definition) is 2. The van der Waals surface area contributed by atoms with Crippen LogP contribution in [0.25, 0.3) is 0 Å². The third kappa shape index (κ3) is 2.75. The van der Waals surface area contributed by atoms with Gasteiger partial charge in [-0.25, -0.2) is 0 Å². The lowest BCUT2D eigenvalue weighted by Gasteiger charge is -2.67. The summed E-state index contributed by atoms with van der Waals surface area (Å²) in [7, 11) is 0. The number of aliphatic hydroxyl groups excluding tert-OH is 2. The maximum absolute atomic E-state index is 13.6. The molecule has 0 unspecified atom stereocenters. The average Bonchev–Trinajstić information content (AvgIpc) is 2.76. The number of aliphatic hydroxyl groups is 2. The van der Waals surface area contributed by atoms with Crippen molar-refractivity contribution in [3.05, 3.63) is 12.2 Å². The van der Waals surface area contributed by atoms with Crippen molar-refractivity contribution in [1.82, 2.24) is 0 Å². The largest absolute Gasteiger partial charge is 0.462 e. The second-order valence-corrected chi connectivity index (χ2v) is 11.0. The summed E-state index contributed by atoms with van der Waals surface area (Å²) in [6.45, 7) is 12.9. The van der Waals surface area contributed by atoms with E-state index < -0.39 is 59.0 Å². The molecule has 4 fully saturated rings. The average molecular weight is 435 g/mol. The van der Waals surface area contributed by atoms with Crippen LogP contribution < -0.4 is 0 Å². The molecule has 0 aliphatic heterocycles. The lowest BCUT2D eigenvalue weighted by Crippen LogP contribution is -2.73. The quantitative estimate of drug-likeness (QED) is 0.506. The Hall–Kier alpha value is -1.73. The summed E-state index contributed by atoms with van der Waals surface area (Å²) in [6, 6.07) is 0. The highest BCUT2D eigenvalue weighted by Crippen LogP contribution is 2.71. The number of carbonyl (C=O) groups is 3. The van der Waals surface area contributed by atoms with Gasteiger partial charge in [0.05, 0.1) is 17.6 Å². The summed E-state index contributed by atoms with van der Waals surface area (Å²) in [5, 5.41) is 22.8. The normalized spacial score (nSPS) is 47.9. The molecule has 4 aliphatic rings. The van der Waals surface area contributed by atoms with Crippen molar-refractivity contribution in [3.8, 4) is 0 Å². The number of hydrogen-bond acceptors (Lipinski definition) is 7. The van der Waals surface area contributed by atoms with Crippen molar-refractivity contribution in [3.63, 3.8) is 0 Å². The van der Waals surface area contributed by atoms with E-state index >= 15 is 0 Å². The molecule has 0 aromatic heterocycles. The van der Waals surface area contributed by atoms with Crippen LogP contribution in [0.3, 0.4) is 0 Å². The summed E-state index contributed by atoms with van der Waals surface area (Å²) in [5.74, 6) is -2.60. The summed E-state index contributed by atoms with van der Waals surface area (Å²) >= 11 is 0. The Morgan fingerprint density at radius 2 is 1.68 bits per heavy atom. The molecular weight excluding hydrogens is 400 g/mol. The maximum Gasteiger partial charge on any atom is 0.302 e. The molecule has 172 valence electrons. The van der Waals surface area contributed by atoms with Gasteiger partial charge in [-0.2, -0.15) is 0 Å². The molecule has 0 aromatic rings. The minimum atomic E-state index is -1.52. The predicted molar refractivity (Wildman–Crippen MR) is 111 cm³/mol. The third-order valence-electron chi connectivity index (χ3n) is 9.12. The van der Waals surface area contributed by atoms with Gasteiger partial charge >= 0.3 is 11.9 Å². The van der Waals surface area contributed by atoms with E-state index in [1.807, 2.05) is 6.92 Å². The van der Waals surface area contributed by atoms with E-state index in [2.05, 4.69) is 20.4 Å². The number of ether oxygens (including phenoxy) is 2. The summed E-state index contributed by atoms with van der Waals surface area (Å²) in [4.78, 5) is 37.7. The zero-order valence-corrected chi connectivity index (χ0v) is 19.0. The lowest BCUT2D eigenvalue weighted by molar-refractivity contribution is -0.279. The molecule has 7 heteroatoms. The molecular formula is C24H34O7. The number of Topliss-reactive ketones (excluding diaryl/α,β-unsaturated/α-hetero) is 1. The Labute approximate surface area is 183 Å². The molecule has 0 aromatic carbocycles. The number of fused-ring (bicyclic) bond motifs is 3. The summed E-state index contributed by atoms with van der Waals surface area (Å²) < 4.78 is 11.6. The summed E-state index contributed by atoms with van der Waals surface area (Å²) in [5.41, 5.74) is -2.21. The number of rotatable bonds is 2. The van der Waals surface area contributed by atoms with Gasteiger partial charge in [0, 0.05) is 31.1 Å². The predicted octanol–water partition coefficient (Wildman–Crippen LogP) is 2.18. The van der Waals surface area contributed by atoms with E-state index in [1.54, 1.807) is 0 Å². The zero-order valence-electron chi connectivity index (χ0n) is 19.0. The van der Waals surface area contributed by atoms with Gasteiger partial charge in [0.25, 0.3) is 0 Å². The number of esters is 2. The monoisotopic (exact) mass is 434 g/mol. The van der Waals surface area contributed by atoms with Crippen LogP contribution in [-0.2, 0) is 23.9 Å². The fraction of sp³-hybridized carbons (Fsp3) is 0.792. The van der Waals surface area contributed by atoms with Gasteiger partial charge in [-0.3, -0.25) is 14.4 Å². The Bertz CT molecular complexity index is 847. The minimum absolute atomic E-state index is 0.104. The van der Waals surface area contributed by atoms with E-state index in [9.17, 15) is 24.6 Å². The Kier molecular flexibility index (Phi) is 4.99. The first kappa shape index (κ1) is 22.5. The van der Waals surface area contributed by atoms with Gasteiger partial charge < -0.3 is 19.7 Å². The minimum Gasteiger partial charge on any atom is -0.462 e. The van der Waals surface area contributed by atoms with Gasteiger partial charge in [-0.15, -0.1) is 0 Å². The van der Waals surface area contributed by atoms with Crippen LogP contribution in [-0.4, -0.2) is 52.4 Å². The van der Waals surface area contributed by atoms with Crippen LogP contribution >= 0.6 is 0 Å². The van der Waals surface area contributed by atoms with Gasteiger partial charge in [0.2, 0.25) is 0 Å². The Morgan fingerprint density at radius 3 is 2.26 bits per heavy atom. The molecule has 31 heavy (non-hydrogen) atoms. The third-order valence-corrected chi connectivity index (χ3v) is 9.12. The fourth-order valence-electron chi connectivity index (χ4n) is 8.04. The SMILES string of the molecule is C=C1C(=O)[C@]23[C@H](O)C[C@@H]4C(C)(C)CC[C@@H](OC(C)=O)[C@@]4(C)[C@H]2[C@H](OC(C)=O)C[C@@H]1[C@H]3O. The van der Waals surface area contributed by atoms with Crippen LogP contribution in [0.15, 0.2) is 12.2 Å². The van der Waals surface area contributed by atoms with E-state index in [1.165, 1.54) is 13.8 Å². The molecule has 4 rings (SSSR count). The zero-order chi connectivity index (χ0) is 23.1. The topological polar surface area (TPSA) is 110 Å². The molecule has 0 radical (unpaired) electrons. The van der Waals surface area contributed by atoms with E-state index in [4.69, 9.17) is 9.47 Å². The smallest absolute Gasteiger partial charge is 0.302 e. The van der Waals surface area contributed by atoms with Crippen LogP contribution in [0.5, 0.6) is 0 Å². The molecule has 1 spiro atoms. The highest BCUT2D eigenvalue weighted by molar-refractivity contribution is 6.04. The summed E-state index contributed by atoms with van der Waals surface area (Å²) in [6.07, 6.45) is -1.46. The van der Waals surface area contributed by atoms with Crippen LogP contribution in [0.1, 0.15) is 60.3 Å². The first-order valence-electron chi connectivity index (χ1n) is 11.2. The maximum atomic E-state index is 13.6. The number of carbonyl (C=O) groups excluding carboxylic acids is 3. The fourth-order valence-corrected chi connectivity index (χ4v) is 8.04. The van der Waals surface area contributed by atoms with Gasteiger partial charge in [-0.05, 0) is 42.6 Å². The Balaban J connectivity index is 1.97. The van der Waals surface area contributed by atoms with E-state index in [0.717, 1.165) is 6.42 Å². The van der Waals surface area contributed by atoms with Crippen molar-refractivity contribution in [2.45, 2.75) is 84.7 Å². The van der Waals surface area contributed by atoms with Crippen molar-refractivity contribution in [2.24, 2.45) is 34.0 Å². The van der Waals surface area contributed by atoms with Gasteiger partial charge in [0.15, 0.2) is 5.78 Å². The van der Waals surface area contributed by atoms with Crippen LogP contribution in [0.2, 0.25) is 0 Å². The molecule has 9 atom stereocenters. The van der Waals surface area contributed by atoms with Crippen molar-refractivity contribution in [1.29, 1.82) is 0 Å². The van der Waals surface area contributed by atoms with E-state index in [-0.39, 0.29) is 29.1 Å². The molecule has 0 heterocycles. The highest BCUT2D eigenvalue weighted by Gasteiger charge is 2.78. The molecule has 0 saturated heterocycles. The molecule has 0 amide bonds. The van der Waals surface area contributed by atoms with Crippen LogP contribution in [0.4, 0.5) is 0 Å². The number of ketones is 1. The molecule has 7 nitrogen and oxygen atoms in total. The Morgan fingerprint density at radius 1 is 1.06 bits per heavy atom. The first-order chi connectivity index (χ1) is 14.3. The van der Waals surface area contributed by atoms with Crippen molar-refractivity contribution in [2.75, 3.05) is 0 Å². The van der Waals surface area contributed by atoms with Gasteiger partial charge in [-0.1, -0.05) is 27.4 Å². The highest BCUT2D eigenvalue weighted by atomic mass is 16.6. The van der Waals surface area contributed by atoms with Crippen molar-refractivity contribution >= 4 is 17.7 Å².